The Morgan fingerprint density at radius 1 is 1.50 bits per heavy atom. The van der Waals surface area contributed by atoms with Crippen LogP contribution in [0.5, 0.6) is 0 Å². The van der Waals surface area contributed by atoms with Crippen LogP contribution >= 0.6 is 0 Å². The minimum atomic E-state index is -0.712. The third-order valence-corrected chi connectivity index (χ3v) is 4.14. The van der Waals surface area contributed by atoms with E-state index in [-0.39, 0.29) is 36.0 Å². The molecule has 2 atom stereocenters. The monoisotopic (exact) mass is 283 g/mol. The highest BCUT2D eigenvalue weighted by molar-refractivity contribution is 5.79. The molecule has 0 unspecified atom stereocenters. The largest absolute Gasteiger partial charge is 0.396 e. The number of halogens is 2. The molecule has 1 amide bonds. The minimum Gasteiger partial charge on any atom is -0.396 e. The average molecular weight is 283 g/mol. The third kappa shape index (κ3) is 3.15. The molecule has 0 radical (unpaired) electrons. The maximum absolute atomic E-state index is 13.5. The topological polar surface area (TPSA) is 49.3 Å². The van der Waals surface area contributed by atoms with Gasteiger partial charge >= 0.3 is 0 Å². The molecule has 0 aromatic heterocycles. The standard InChI is InChI=1S/C15H19F2NO2/c1-15(9-19)6-2-3-13(15)18-14(20)7-10-4-5-11(16)8-12(10)17/h4-5,8,13,19H,2-3,6-7,9H2,1H3,(H,18,20)/t13-,15-/m1/s1. The van der Waals surface area contributed by atoms with Gasteiger partial charge in [-0.25, -0.2) is 8.78 Å². The molecule has 20 heavy (non-hydrogen) atoms. The number of aliphatic hydroxyl groups excluding tert-OH is 1. The Kier molecular flexibility index (Phi) is 4.38. The fourth-order valence-electron chi connectivity index (χ4n) is 2.75. The van der Waals surface area contributed by atoms with Crippen LogP contribution in [0, 0.1) is 17.0 Å². The van der Waals surface area contributed by atoms with Crippen molar-refractivity contribution in [2.75, 3.05) is 6.61 Å². The zero-order chi connectivity index (χ0) is 14.8. The van der Waals surface area contributed by atoms with E-state index in [1.54, 1.807) is 0 Å². The first-order chi connectivity index (χ1) is 9.44. The Bertz CT molecular complexity index is 507. The van der Waals surface area contributed by atoms with E-state index in [9.17, 15) is 18.7 Å². The quantitative estimate of drug-likeness (QED) is 0.889. The van der Waals surface area contributed by atoms with Gasteiger partial charge in [-0.05, 0) is 24.5 Å². The lowest BCUT2D eigenvalue weighted by atomic mass is 9.85. The number of aliphatic hydroxyl groups is 1. The molecule has 1 aliphatic carbocycles. The van der Waals surface area contributed by atoms with Gasteiger partial charge in [0.1, 0.15) is 11.6 Å². The second-order valence-electron chi connectivity index (χ2n) is 5.74. The van der Waals surface area contributed by atoms with E-state index >= 15 is 0 Å². The van der Waals surface area contributed by atoms with Gasteiger partial charge < -0.3 is 10.4 Å². The van der Waals surface area contributed by atoms with Crippen LogP contribution in [-0.2, 0) is 11.2 Å². The Balaban J connectivity index is 1.99. The summed E-state index contributed by atoms with van der Waals surface area (Å²) < 4.78 is 26.3. The summed E-state index contributed by atoms with van der Waals surface area (Å²) in [5, 5.41) is 12.3. The number of carbonyl (C=O) groups excluding carboxylic acids is 1. The van der Waals surface area contributed by atoms with Crippen molar-refractivity contribution >= 4 is 5.91 Å². The lowest BCUT2D eigenvalue weighted by molar-refractivity contribution is -0.122. The molecule has 110 valence electrons. The number of hydrogen-bond acceptors (Lipinski definition) is 2. The number of benzene rings is 1. The van der Waals surface area contributed by atoms with Crippen LogP contribution in [0.4, 0.5) is 8.78 Å². The van der Waals surface area contributed by atoms with Crippen LogP contribution in [0.25, 0.3) is 0 Å². The highest BCUT2D eigenvalue weighted by Gasteiger charge is 2.39. The lowest BCUT2D eigenvalue weighted by Gasteiger charge is -2.30. The Morgan fingerprint density at radius 2 is 2.25 bits per heavy atom. The summed E-state index contributed by atoms with van der Waals surface area (Å²) in [4.78, 5) is 12.0. The summed E-state index contributed by atoms with van der Waals surface area (Å²) in [6, 6.07) is 3.10. The van der Waals surface area contributed by atoms with Gasteiger partial charge in [-0.2, -0.15) is 0 Å². The Labute approximate surface area is 117 Å². The second kappa shape index (κ2) is 5.87. The van der Waals surface area contributed by atoms with E-state index in [1.165, 1.54) is 6.07 Å². The van der Waals surface area contributed by atoms with Crippen LogP contribution in [-0.4, -0.2) is 23.7 Å². The van der Waals surface area contributed by atoms with Crippen molar-refractivity contribution in [1.82, 2.24) is 5.32 Å². The summed E-state index contributed by atoms with van der Waals surface area (Å²) in [6.07, 6.45) is 2.51. The summed E-state index contributed by atoms with van der Waals surface area (Å²) in [7, 11) is 0. The molecule has 1 aromatic rings. The molecule has 0 saturated heterocycles. The van der Waals surface area contributed by atoms with Crippen molar-refractivity contribution in [3.8, 4) is 0 Å². The van der Waals surface area contributed by atoms with Crippen LogP contribution < -0.4 is 5.32 Å². The number of rotatable bonds is 4. The van der Waals surface area contributed by atoms with Crippen molar-refractivity contribution in [2.45, 2.75) is 38.6 Å². The molecule has 2 N–H and O–H groups in total. The molecule has 1 saturated carbocycles. The number of nitrogens with one attached hydrogen (secondary N) is 1. The molecule has 0 bridgehead atoms. The Hall–Kier alpha value is -1.49. The molecule has 2 rings (SSSR count). The van der Waals surface area contributed by atoms with Crippen molar-refractivity contribution in [3.63, 3.8) is 0 Å². The van der Waals surface area contributed by atoms with Gasteiger partial charge in [0, 0.05) is 17.5 Å². The maximum Gasteiger partial charge on any atom is 0.224 e. The second-order valence-corrected chi connectivity index (χ2v) is 5.74. The molecule has 0 spiro atoms. The van der Waals surface area contributed by atoms with E-state index in [4.69, 9.17) is 0 Å². The molecule has 1 aromatic carbocycles. The number of carbonyl (C=O) groups is 1. The van der Waals surface area contributed by atoms with Gasteiger partial charge in [0.15, 0.2) is 0 Å². The predicted octanol–water partition coefficient (Wildman–Crippen LogP) is 2.17. The van der Waals surface area contributed by atoms with Crippen molar-refractivity contribution in [3.05, 3.63) is 35.4 Å². The van der Waals surface area contributed by atoms with Gasteiger partial charge in [0.05, 0.1) is 13.0 Å². The van der Waals surface area contributed by atoms with E-state index in [2.05, 4.69) is 5.32 Å². The van der Waals surface area contributed by atoms with E-state index < -0.39 is 11.6 Å². The van der Waals surface area contributed by atoms with E-state index in [1.807, 2.05) is 6.92 Å². The molecular formula is C15H19F2NO2. The molecule has 3 nitrogen and oxygen atoms in total. The molecular weight excluding hydrogens is 264 g/mol. The molecule has 1 aliphatic rings. The zero-order valence-corrected chi connectivity index (χ0v) is 11.5. The molecule has 0 aliphatic heterocycles. The normalized spacial score (nSPS) is 25.7. The average Bonchev–Trinajstić information content (AvgIpc) is 2.75. The van der Waals surface area contributed by atoms with Crippen LogP contribution in [0.15, 0.2) is 18.2 Å². The van der Waals surface area contributed by atoms with E-state index in [0.717, 1.165) is 31.4 Å². The number of amides is 1. The van der Waals surface area contributed by atoms with Crippen LogP contribution in [0.1, 0.15) is 31.7 Å². The lowest BCUT2D eigenvalue weighted by Crippen LogP contribution is -2.45. The fraction of sp³-hybridized carbons (Fsp3) is 0.533. The summed E-state index contributed by atoms with van der Waals surface area (Å²) in [5.74, 6) is -1.67. The molecule has 5 heteroatoms. The zero-order valence-electron chi connectivity index (χ0n) is 11.5. The molecule has 1 fully saturated rings. The van der Waals surface area contributed by atoms with Gasteiger partial charge in [0.25, 0.3) is 0 Å². The van der Waals surface area contributed by atoms with Crippen molar-refractivity contribution < 1.29 is 18.7 Å². The first-order valence-corrected chi connectivity index (χ1v) is 6.79. The fourth-order valence-corrected chi connectivity index (χ4v) is 2.75. The predicted molar refractivity (Wildman–Crippen MR) is 71.0 cm³/mol. The highest BCUT2D eigenvalue weighted by atomic mass is 19.1. The summed E-state index contributed by atoms with van der Waals surface area (Å²) >= 11 is 0. The van der Waals surface area contributed by atoms with Crippen LogP contribution in [0.2, 0.25) is 0 Å². The van der Waals surface area contributed by atoms with Gasteiger partial charge in [-0.15, -0.1) is 0 Å². The van der Waals surface area contributed by atoms with Crippen molar-refractivity contribution in [2.24, 2.45) is 5.41 Å². The maximum atomic E-state index is 13.5. The third-order valence-electron chi connectivity index (χ3n) is 4.14. The SMILES string of the molecule is C[C@]1(CO)CCC[C@H]1NC(=O)Cc1ccc(F)cc1F. The first-order valence-electron chi connectivity index (χ1n) is 6.79. The summed E-state index contributed by atoms with van der Waals surface area (Å²) in [5.41, 5.74) is -0.135. The highest BCUT2D eigenvalue weighted by Crippen LogP contribution is 2.37. The van der Waals surface area contributed by atoms with Crippen molar-refractivity contribution in [1.29, 1.82) is 0 Å². The van der Waals surface area contributed by atoms with Crippen LogP contribution in [0.3, 0.4) is 0 Å². The summed E-state index contributed by atoms with van der Waals surface area (Å²) in [6.45, 7) is 1.95. The molecule has 0 heterocycles. The minimum absolute atomic E-state index is 0.0167. The first kappa shape index (κ1) is 14.9. The Morgan fingerprint density at radius 3 is 2.90 bits per heavy atom. The van der Waals surface area contributed by atoms with Gasteiger partial charge in [0.2, 0.25) is 5.91 Å². The van der Waals surface area contributed by atoms with Gasteiger partial charge in [-0.1, -0.05) is 19.4 Å². The van der Waals surface area contributed by atoms with Gasteiger partial charge in [-0.3, -0.25) is 4.79 Å². The van der Waals surface area contributed by atoms with E-state index in [0.29, 0.717) is 0 Å². The smallest absolute Gasteiger partial charge is 0.224 e. The number of hydrogen-bond donors (Lipinski definition) is 2.